The molecule has 2 atom stereocenters. The maximum atomic E-state index is 11.9. The molecule has 0 aliphatic carbocycles. The molecule has 2 unspecified atom stereocenters. The van der Waals surface area contributed by atoms with Crippen LogP contribution < -0.4 is 0 Å². The summed E-state index contributed by atoms with van der Waals surface area (Å²) in [6.45, 7) is 0. The molecule has 2 rings (SSSR count). The average Bonchev–Trinajstić information content (AvgIpc) is 3.03. The average molecular weight is 316 g/mol. The molecule has 1 N–H and O–H groups in total. The Morgan fingerprint density at radius 2 is 1.87 bits per heavy atom. The highest BCUT2D eigenvalue weighted by Gasteiger charge is 2.37. The first-order valence-corrected chi connectivity index (χ1v) is 6.96. The zero-order chi connectivity index (χ0) is 10.8. The molecule has 0 fully saturated rings. The molecule has 4 heteroatoms. The second kappa shape index (κ2) is 4.22. The van der Waals surface area contributed by atoms with Crippen LogP contribution in [0.1, 0.15) is 10.4 Å². The molecule has 0 amide bonds. The first-order chi connectivity index (χ1) is 7.20. The Morgan fingerprint density at radius 1 is 1.27 bits per heavy atom. The van der Waals surface area contributed by atoms with Gasteiger partial charge in [-0.05, 0) is 4.01 Å². The van der Waals surface area contributed by atoms with E-state index in [1.807, 2.05) is 10.1 Å². The largest absolute Gasteiger partial charge is 0.481 e. The molecule has 1 aromatic carbocycles. The van der Waals surface area contributed by atoms with Gasteiger partial charge in [0.2, 0.25) is 0 Å². The smallest absolute Gasteiger partial charge is 0.315 e. The molecule has 0 radical (unpaired) electrons. The lowest BCUT2D eigenvalue weighted by molar-refractivity contribution is -0.139. The van der Waals surface area contributed by atoms with E-state index in [2.05, 4.69) is 0 Å². The van der Waals surface area contributed by atoms with Crippen LogP contribution in [0.2, 0.25) is 0 Å². The van der Waals surface area contributed by atoms with E-state index in [1.165, 1.54) is 0 Å². The summed E-state index contributed by atoms with van der Waals surface area (Å²) in [5.74, 6) is -2.11. The van der Waals surface area contributed by atoms with Crippen LogP contribution in [0, 0.1) is 5.92 Å². The van der Waals surface area contributed by atoms with E-state index in [0.717, 1.165) is 0 Å². The number of halogens is 1. The van der Waals surface area contributed by atoms with E-state index in [9.17, 15) is 9.59 Å². The number of carboxylic acid groups (broad SMARTS) is 1. The Labute approximate surface area is 96.9 Å². The van der Waals surface area contributed by atoms with Crippen molar-refractivity contribution in [1.29, 1.82) is 0 Å². The van der Waals surface area contributed by atoms with Crippen LogP contribution in [0.25, 0.3) is 0 Å². The molecule has 0 spiro atoms. The Bertz CT molecular complexity index is 419. The topological polar surface area (TPSA) is 54.4 Å². The van der Waals surface area contributed by atoms with Gasteiger partial charge in [-0.1, -0.05) is 30.3 Å². The van der Waals surface area contributed by atoms with Crippen molar-refractivity contribution < 1.29 is 14.7 Å². The van der Waals surface area contributed by atoms with Crippen molar-refractivity contribution in [1.82, 2.24) is 0 Å². The summed E-state index contributed by atoms with van der Waals surface area (Å²) in [4.78, 5) is 22.9. The molecular weight excluding hydrogens is 307 g/mol. The predicted molar refractivity (Wildman–Crippen MR) is 65.8 cm³/mol. The van der Waals surface area contributed by atoms with E-state index < -0.39 is 11.9 Å². The van der Waals surface area contributed by atoms with Crippen molar-refractivity contribution in [3.05, 3.63) is 35.9 Å². The van der Waals surface area contributed by atoms with Crippen LogP contribution in [0.4, 0.5) is 0 Å². The number of alkyl halides is 1. The molecule has 3 nitrogen and oxygen atoms in total. The molecule has 0 aromatic heterocycles. The number of benzene rings is 1. The molecule has 1 aliphatic rings. The fourth-order valence-electron chi connectivity index (χ4n) is 1.36. The first-order valence-electron chi connectivity index (χ1n) is 4.47. The van der Waals surface area contributed by atoms with Crippen LogP contribution in [0.5, 0.6) is 0 Å². The Morgan fingerprint density at radius 3 is 2.33 bits per heavy atom. The van der Waals surface area contributed by atoms with E-state index in [1.54, 1.807) is 24.3 Å². The molecule has 0 saturated carbocycles. The summed E-state index contributed by atoms with van der Waals surface area (Å²) in [6.07, 6.45) is 0. The highest BCUT2D eigenvalue weighted by atomic mass is 127. The Hall–Kier alpha value is -1.04. The third-order valence-electron chi connectivity index (χ3n) is 2.20. The van der Waals surface area contributed by atoms with Gasteiger partial charge in [0.05, 0.1) is 0 Å². The normalized spacial score (nSPS) is 20.1. The van der Waals surface area contributed by atoms with Crippen LogP contribution in [-0.4, -0.2) is 24.8 Å². The lowest BCUT2D eigenvalue weighted by Gasteiger charge is -2.09. The van der Waals surface area contributed by atoms with E-state index in [4.69, 9.17) is 5.11 Å². The van der Waals surface area contributed by atoms with E-state index >= 15 is 0 Å². The van der Waals surface area contributed by atoms with Crippen molar-refractivity contribution in [2.75, 3.05) is 0 Å². The third-order valence-corrected chi connectivity index (χ3v) is 4.47. The van der Waals surface area contributed by atoms with Gasteiger partial charge in [-0.15, -0.1) is 20.7 Å². The molecule has 1 heterocycles. The number of carboxylic acids is 1. The summed E-state index contributed by atoms with van der Waals surface area (Å²) in [5, 5.41) is 8.99. The zero-order valence-corrected chi connectivity index (χ0v) is 9.92. The minimum Gasteiger partial charge on any atom is -0.481 e. The summed E-state index contributed by atoms with van der Waals surface area (Å²) in [6, 6.07) is 8.64. The summed E-state index contributed by atoms with van der Waals surface area (Å²) in [7, 11) is 0. The van der Waals surface area contributed by atoms with Gasteiger partial charge in [-0.25, -0.2) is 0 Å². The van der Waals surface area contributed by atoms with Gasteiger partial charge in [0.15, 0.2) is 5.78 Å². The number of hydrogen-bond acceptors (Lipinski definition) is 2. The van der Waals surface area contributed by atoms with Gasteiger partial charge in [0.25, 0.3) is 0 Å². The molecule has 15 heavy (non-hydrogen) atoms. The molecule has 0 saturated heterocycles. The number of hydrogen-bond donors (Lipinski definition) is 1. The van der Waals surface area contributed by atoms with Gasteiger partial charge in [0.1, 0.15) is 5.92 Å². The molecule has 0 bridgehead atoms. The number of Topliss-reactive ketones (excluding diaryl/α,β-unsaturated/α-hetero) is 1. The van der Waals surface area contributed by atoms with Gasteiger partial charge in [-0.3, -0.25) is 9.59 Å². The van der Waals surface area contributed by atoms with Crippen LogP contribution in [-0.2, 0) is 4.79 Å². The molecule has 78 valence electrons. The van der Waals surface area contributed by atoms with E-state index in [0.29, 0.717) is 5.56 Å². The highest BCUT2D eigenvalue weighted by molar-refractivity contribution is 14.2. The summed E-state index contributed by atoms with van der Waals surface area (Å²) >= 11 is -0.152. The van der Waals surface area contributed by atoms with Gasteiger partial charge < -0.3 is 5.11 Å². The number of ketones is 1. The number of aliphatic carboxylic acids is 1. The monoisotopic (exact) mass is 316 g/mol. The fourth-order valence-corrected chi connectivity index (χ4v) is 3.07. The third kappa shape index (κ3) is 2.31. The molecular formula is C11H9IO3. The number of carbonyl (C=O) groups excluding carboxylic acids is 1. The second-order valence-corrected chi connectivity index (χ2v) is 6.12. The van der Waals surface area contributed by atoms with Crippen molar-refractivity contribution >= 4 is 36.5 Å². The Balaban J connectivity index is 2.22. The maximum absolute atomic E-state index is 11.9. The standard InChI is InChI=1S/C11H9IO3/c13-10(7-4-2-1-3-5-7)9(11(14)15)8-6-12-8/h1-6,8-9H,(H,14,15). The SMILES string of the molecule is O=C(O)C(C(=O)c1ccccc1)C1C=I1. The first kappa shape index (κ1) is 10.5. The quantitative estimate of drug-likeness (QED) is 0.398. The van der Waals surface area contributed by atoms with Gasteiger partial charge in [-0.2, -0.15) is 0 Å². The zero-order valence-electron chi connectivity index (χ0n) is 7.76. The number of carbonyl (C=O) groups is 2. The van der Waals surface area contributed by atoms with Crippen molar-refractivity contribution in [2.45, 2.75) is 3.92 Å². The van der Waals surface area contributed by atoms with Gasteiger partial charge in [0, 0.05) is 9.49 Å². The molecule has 1 aromatic rings. The minimum atomic E-state index is -0.998. The summed E-state index contributed by atoms with van der Waals surface area (Å²) < 4.78 is 2.01. The number of rotatable bonds is 4. The lowest BCUT2D eigenvalue weighted by atomic mass is 9.95. The van der Waals surface area contributed by atoms with Gasteiger partial charge >= 0.3 is 5.97 Å². The van der Waals surface area contributed by atoms with Crippen molar-refractivity contribution in [2.24, 2.45) is 5.92 Å². The maximum Gasteiger partial charge on any atom is 0.315 e. The van der Waals surface area contributed by atoms with E-state index in [-0.39, 0.29) is 30.4 Å². The minimum absolute atomic E-state index is 0.0361. The lowest BCUT2D eigenvalue weighted by Crippen LogP contribution is -2.29. The second-order valence-electron chi connectivity index (χ2n) is 3.24. The Kier molecular flexibility index (Phi) is 2.95. The van der Waals surface area contributed by atoms with Crippen LogP contribution in [0.15, 0.2) is 30.3 Å². The predicted octanol–water partition coefficient (Wildman–Crippen LogP) is 1.73. The van der Waals surface area contributed by atoms with Crippen molar-refractivity contribution in [3.8, 4) is 0 Å². The van der Waals surface area contributed by atoms with Crippen molar-refractivity contribution in [3.63, 3.8) is 0 Å². The van der Waals surface area contributed by atoms with Crippen LogP contribution in [0.3, 0.4) is 0 Å². The molecule has 1 aliphatic heterocycles. The summed E-state index contributed by atoms with van der Waals surface area (Å²) in [5.41, 5.74) is 0.495. The fraction of sp³-hybridized carbons (Fsp3) is 0.182. The highest BCUT2D eigenvalue weighted by Crippen LogP contribution is 2.32. The van der Waals surface area contributed by atoms with Crippen LogP contribution >= 0.6 is 20.7 Å².